The maximum absolute atomic E-state index is 6.01. The maximum atomic E-state index is 6.01. The first kappa shape index (κ1) is 14.7. The van der Waals surface area contributed by atoms with E-state index in [-0.39, 0.29) is 0 Å². The molecule has 1 N–H and O–H groups in total. The number of hydrogen-bond acceptors (Lipinski definition) is 3. The lowest BCUT2D eigenvalue weighted by atomic mass is 9.95. The van der Waals surface area contributed by atoms with Crippen molar-refractivity contribution in [2.24, 2.45) is 0 Å². The van der Waals surface area contributed by atoms with Crippen LogP contribution in [-0.4, -0.2) is 30.2 Å². The summed E-state index contributed by atoms with van der Waals surface area (Å²) in [6, 6.07) is 7.00. The van der Waals surface area contributed by atoms with Crippen molar-refractivity contribution in [2.75, 3.05) is 12.8 Å². The molecule has 1 fully saturated rings. The van der Waals surface area contributed by atoms with Gasteiger partial charge in [0.2, 0.25) is 0 Å². The Morgan fingerprint density at radius 3 is 2.85 bits per heavy atom. The molecule has 1 atom stereocenters. The van der Waals surface area contributed by atoms with E-state index in [2.05, 4.69) is 45.7 Å². The highest BCUT2D eigenvalue weighted by Gasteiger charge is 2.25. The number of halogens is 1. The molecule has 1 heterocycles. The van der Waals surface area contributed by atoms with Crippen LogP contribution in [0.1, 0.15) is 31.2 Å². The van der Waals surface area contributed by atoms with Crippen molar-refractivity contribution in [3.63, 3.8) is 0 Å². The maximum Gasteiger partial charge on any atom is 0.123 e. The van der Waals surface area contributed by atoms with E-state index in [9.17, 15) is 0 Å². The molecule has 0 amide bonds. The first-order valence-electron chi connectivity index (χ1n) is 7.46. The molecule has 0 spiro atoms. The van der Waals surface area contributed by atoms with E-state index >= 15 is 0 Å². The number of hydrogen-bond donors (Lipinski definition) is 1. The molecule has 0 saturated heterocycles. The Hall–Kier alpha value is -0.190. The molecule has 1 aromatic carbocycles. The van der Waals surface area contributed by atoms with Crippen LogP contribution in [0.4, 0.5) is 0 Å². The van der Waals surface area contributed by atoms with E-state index in [1.54, 1.807) is 0 Å². The third-order valence-corrected chi connectivity index (χ3v) is 6.04. The third-order valence-electron chi connectivity index (χ3n) is 4.41. The number of nitrogens with one attached hydrogen (secondary N) is 1. The molecule has 0 radical (unpaired) electrons. The lowest BCUT2D eigenvalue weighted by Gasteiger charge is -2.28. The van der Waals surface area contributed by atoms with Gasteiger partial charge >= 0.3 is 0 Å². The minimum absolute atomic E-state index is 0.303. The largest absolute Gasteiger partial charge is 0.488 e. The van der Waals surface area contributed by atoms with E-state index in [1.165, 1.54) is 31.2 Å². The van der Waals surface area contributed by atoms with E-state index in [4.69, 9.17) is 4.74 Å². The molecule has 4 heteroatoms. The second-order valence-electron chi connectivity index (χ2n) is 5.81. The molecule has 1 unspecified atom stereocenters. The minimum atomic E-state index is 0.303. The van der Waals surface area contributed by atoms with Crippen LogP contribution in [0, 0.1) is 0 Å². The zero-order chi connectivity index (χ0) is 13.9. The van der Waals surface area contributed by atoms with Crippen LogP contribution in [0.15, 0.2) is 22.7 Å². The number of fused-ring (bicyclic) bond motifs is 1. The van der Waals surface area contributed by atoms with Gasteiger partial charge in [0.05, 0.1) is 0 Å². The number of rotatable bonds is 4. The van der Waals surface area contributed by atoms with Gasteiger partial charge in [0.25, 0.3) is 0 Å². The monoisotopic (exact) mass is 355 g/mol. The van der Waals surface area contributed by atoms with Gasteiger partial charge in [-0.2, -0.15) is 11.8 Å². The number of benzene rings is 1. The molecule has 1 saturated carbocycles. The second kappa shape index (κ2) is 6.71. The van der Waals surface area contributed by atoms with Gasteiger partial charge in [-0.15, -0.1) is 0 Å². The molecule has 3 rings (SSSR count). The SMILES string of the molecule is CSC1CCC(NCC2Cc3cc(Br)ccc3O2)CC1. The molecule has 20 heavy (non-hydrogen) atoms. The molecule has 2 aliphatic rings. The average Bonchev–Trinajstić information content (AvgIpc) is 2.87. The topological polar surface area (TPSA) is 21.3 Å². The third kappa shape index (κ3) is 3.52. The summed E-state index contributed by atoms with van der Waals surface area (Å²) in [5.74, 6) is 1.06. The predicted octanol–water partition coefficient (Wildman–Crippen LogP) is 4.02. The highest BCUT2D eigenvalue weighted by atomic mass is 79.9. The van der Waals surface area contributed by atoms with Gasteiger partial charge < -0.3 is 10.1 Å². The van der Waals surface area contributed by atoms with Crippen LogP contribution in [0.25, 0.3) is 0 Å². The summed E-state index contributed by atoms with van der Waals surface area (Å²) >= 11 is 5.55. The summed E-state index contributed by atoms with van der Waals surface area (Å²) in [6.45, 7) is 0.973. The van der Waals surface area contributed by atoms with E-state index in [1.807, 2.05) is 11.8 Å². The summed E-state index contributed by atoms with van der Waals surface area (Å²) in [7, 11) is 0. The predicted molar refractivity (Wildman–Crippen MR) is 89.8 cm³/mol. The smallest absolute Gasteiger partial charge is 0.123 e. The van der Waals surface area contributed by atoms with Crippen molar-refractivity contribution in [3.8, 4) is 5.75 Å². The van der Waals surface area contributed by atoms with Gasteiger partial charge in [0, 0.05) is 28.7 Å². The zero-order valence-corrected chi connectivity index (χ0v) is 14.3. The van der Waals surface area contributed by atoms with Crippen LogP contribution >= 0.6 is 27.7 Å². The van der Waals surface area contributed by atoms with E-state index < -0.39 is 0 Å². The Balaban J connectivity index is 1.45. The van der Waals surface area contributed by atoms with Gasteiger partial charge in [0.15, 0.2) is 0 Å². The first-order chi connectivity index (χ1) is 9.74. The molecule has 1 aliphatic carbocycles. The van der Waals surface area contributed by atoms with E-state index in [0.29, 0.717) is 12.1 Å². The highest BCUT2D eigenvalue weighted by molar-refractivity contribution is 9.10. The fourth-order valence-electron chi connectivity index (χ4n) is 3.20. The minimum Gasteiger partial charge on any atom is -0.488 e. The Kier molecular flexibility index (Phi) is 4.95. The highest BCUT2D eigenvalue weighted by Crippen LogP contribution is 2.31. The molecule has 1 aliphatic heterocycles. The molecule has 2 nitrogen and oxygen atoms in total. The first-order valence-corrected chi connectivity index (χ1v) is 9.54. The van der Waals surface area contributed by atoms with Gasteiger partial charge in [-0.1, -0.05) is 15.9 Å². The molecule has 1 aromatic rings. The van der Waals surface area contributed by atoms with Crippen molar-refractivity contribution in [1.29, 1.82) is 0 Å². The van der Waals surface area contributed by atoms with Crippen molar-refractivity contribution in [2.45, 2.75) is 49.5 Å². The Morgan fingerprint density at radius 1 is 1.30 bits per heavy atom. The Labute approximate surface area is 134 Å². The van der Waals surface area contributed by atoms with Crippen LogP contribution in [0.2, 0.25) is 0 Å². The second-order valence-corrected chi connectivity index (χ2v) is 7.87. The molecule has 0 bridgehead atoms. The molecular formula is C16H22BrNOS. The summed E-state index contributed by atoms with van der Waals surface area (Å²) < 4.78 is 7.15. The van der Waals surface area contributed by atoms with Gasteiger partial charge in [-0.3, -0.25) is 0 Å². The molecule has 110 valence electrons. The number of thioether (sulfide) groups is 1. The summed E-state index contributed by atoms with van der Waals surface area (Å²) in [6.07, 6.45) is 8.92. The van der Waals surface area contributed by atoms with Crippen molar-refractivity contribution in [3.05, 3.63) is 28.2 Å². The average molecular weight is 356 g/mol. The molecular weight excluding hydrogens is 334 g/mol. The number of ether oxygens (including phenoxy) is 1. The fraction of sp³-hybridized carbons (Fsp3) is 0.625. The lowest BCUT2D eigenvalue weighted by Crippen LogP contribution is -2.39. The summed E-state index contributed by atoms with van der Waals surface area (Å²) in [5.41, 5.74) is 1.33. The standard InChI is InChI=1S/C16H22BrNOS/c1-20-15-5-3-13(4-6-15)18-10-14-9-11-8-12(17)2-7-16(11)19-14/h2,7-8,13-15,18H,3-6,9-10H2,1H3. The fourth-order valence-corrected chi connectivity index (χ4v) is 4.36. The Bertz CT molecular complexity index is 460. The van der Waals surface area contributed by atoms with Gasteiger partial charge in [-0.05, 0) is 55.7 Å². The van der Waals surface area contributed by atoms with Crippen LogP contribution in [-0.2, 0) is 6.42 Å². The van der Waals surface area contributed by atoms with Crippen LogP contribution in [0.3, 0.4) is 0 Å². The van der Waals surface area contributed by atoms with Crippen LogP contribution < -0.4 is 10.1 Å². The Morgan fingerprint density at radius 2 is 2.10 bits per heavy atom. The molecule has 0 aromatic heterocycles. The van der Waals surface area contributed by atoms with Crippen LogP contribution in [0.5, 0.6) is 5.75 Å². The quantitative estimate of drug-likeness (QED) is 0.881. The van der Waals surface area contributed by atoms with Crippen molar-refractivity contribution in [1.82, 2.24) is 5.32 Å². The lowest BCUT2D eigenvalue weighted by molar-refractivity contribution is 0.214. The van der Waals surface area contributed by atoms with E-state index in [0.717, 1.165) is 28.4 Å². The van der Waals surface area contributed by atoms with Crippen molar-refractivity contribution >= 4 is 27.7 Å². The zero-order valence-electron chi connectivity index (χ0n) is 11.9. The van der Waals surface area contributed by atoms with Gasteiger partial charge in [-0.25, -0.2) is 0 Å². The van der Waals surface area contributed by atoms with Gasteiger partial charge in [0.1, 0.15) is 11.9 Å². The summed E-state index contributed by atoms with van der Waals surface area (Å²) in [5, 5.41) is 4.60. The summed E-state index contributed by atoms with van der Waals surface area (Å²) in [4.78, 5) is 0. The normalized spacial score (nSPS) is 29.0. The van der Waals surface area contributed by atoms with Crippen molar-refractivity contribution < 1.29 is 4.74 Å².